The summed E-state index contributed by atoms with van der Waals surface area (Å²) < 4.78 is 50.1. The van der Waals surface area contributed by atoms with Crippen LogP contribution in [-0.4, -0.2) is 33.9 Å². The summed E-state index contributed by atoms with van der Waals surface area (Å²) in [7, 11) is 0. The second-order valence-electron chi connectivity index (χ2n) is 16.7. The number of imidazole rings is 1. The average molecular weight is 1080 g/mol. The van der Waals surface area contributed by atoms with Crippen LogP contribution in [0, 0.1) is 32.9 Å². The summed E-state index contributed by atoms with van der Waals surface area (Å²) in [5.74, 6) is 5.85. The van der Waals surface area contributed by atoms with Gasteiger partial charge in [-0.15, -0.1) is 18.2 Å². The van der Waals surface area contributed by atoms with Gasteiger partial charge in [0.15, 0.2) is 0 Å². The molecule has 10 heteroatoms. The largest absolute Gasteiger partial charge is 0 e. The number of furan rings is 1. The molecule has 0 aliphatic carbocycles. The number of para-hydroxylation sites is 1. The quantitative estimate of drug-likeness (QED) is 0.118. The van der Waals surface area contributed by atoms with E-state index >= 15 is 0 Å². The van der Waals surface area contributed by atoms with Crippen molar-refractivity contribution in [2.24, 2.45) is 0 Å². The van der Waals surface area contributed by atoms with Gasteiger partial charge in [-0.25, -0.2) is 0 Å². The van der Waals surface area contributed by atoms with Gasteiger partial charge in [-0.1, -0.05) is 62.9 Å². The Balaban J connectivity index is 0.000000212. The van der Waals surface area contributed by atoms with E-state index in [2.05, 4.69) is 129 Å². The molecule has 9 rings (SSSR count). The number of benzene rings is 5. The molecule has 9 aromatic rings. The molecule has 0 aliphatic rings. The number of hydrogen-bond acceptors (Lipinski definition) is 4. The predicted molar refractivity (Wildman–Crippen MR) is 249 cm³/mol. The third-order valence-corrected chi connectivity index (χ3v) is 14.5. The fourth-order valence-electron chi connectivity index (χ4n) is 8.33. The van der Waals surface area contributed by atoms with Gasteiger partial charge < -0.3 is 8.98 Å². The maximum absolute atomic E-state index is 13.4. The smallest absolute Gasteiger partial charge is 0 e. The molecule has 63 heavy (non-hydrogen) atoms. The number of fused-ring (bicyclic) bond motifs is 4. The molecule has 0 fully saturated rings. The first-order chi connectivity index (χ1) is 29.6. The van der Waals surface area contributed by atoms with Crippen molar-refractivity contribution >= 4 is 51.7 Å². The molecule has 0 aliphatic heterocycles. The standard InChI is InChI=1S/C32H27F3N3O.C21H21GeN.Ir/c1-17(2)21-8-6-9-22(18(3)4)29(21)38-27-16-36-19(5)14-26(27)37-31(38)25-11-7-10-24-23-13-12-20(32(33,34)35)15-28(23)39-30(24)25;1-15-9-8-10-16(2)21(15)18-13-20(17-11-6-5-7-12-17)23-14-19(18)22(3)4;/h6-10,12-18H,1-5H3;5-11,13-14H,1-4H3;/q2*-1;. The fraction of sp³-hybridized carbons (Fsp3) is 0.226. The van der Waals surface area contributed by atoms with E-state index in [0.717, 1.165) is 56.9 Å². The summed E-state index contributed by atoms with van der Waals surface area (Å²) in [5, 5.41) is 1.32. The van der Waals surface area contributed by atoms with Gasteiger partial charge in [-0.2, -0.15) is 13.2 Å². The van der Waals surface area contributed by atoms with Crippen molar-refractivity contribution in [2.75, 3.05) is 0 Å². The summed E-state index contributed by atoms with van der Waals surface area (Å²) in [4.78, 5) is 14.4. The first-order valence-corrected chi connectivity index (χ1v) is 26.1. The maximum Gasteiger partial charge on any atom is 0 e. The van der Waals surface area contributed by atoms with Gasteiger partial charge in [0.1, 0.15) is 5.58 Å². The predicted octanol–water partition coefficient (Wildman–Crippen LogP) is 14.2. The van der Waals surface area contributed by atoms with Crippen LogP contribution in [0.3, 0.4) is 0 Å². The summed E-state index contributed by atoms with van der Waals surface area (Å²) >= 11 is -1.25. The molecule has 5 nitrogen and oxygen atoms in total. The zero-order valence-electron chi connectivity index (χ0n) is 36.8. The Morgan fingerprint density at radius 3 is 2.06 bits per heavy atom. The van der Waals surface area contributed by atoms with Crippen molar-refractivity contribution in [3.63, 3.8) is 0 Å². The van der Waals surface area contributed by atoms with Crippen molar-refractivity contribution in [1.29, 1.82) is 0 Å². The molecule has 0 atom stereocenters. The summed E-state index contributed by atoms with van der Waals surface area (Å²) in [6, 6.07) is 38.9. The monoisotopic (exact) mass is 1080 g/mol. The molecule has 2 radical (unpaired) electrons. The van der Waals surface area contributed by atoms with E-state index < -0.39 is 26.1 Å². The Bertz CT molecular complexity index is 3050. The summed E-state index contributed by atoms with van der Waals surface area (Å²) in [5.41, 5.74) is 13.7. The summed E-state index contributed by atoms with van der Waals surface area (Å²) in [6.07, 6.45) is -0.530. The van der Waals surface area contributed by atoms with Crippen molar-refractivity contribution in [1.82, 2.24) is 19.5 Å². The van der Waals surface area contributed by atoms with Gasteiger partial charge in [0.05, 0.1) is 34.2 Å². The number of aryl methyl sites for hydroxylation is 3. The SMILES string of the molecule is Cc1cc2nc(-c3[c-]ccc4c3oc3cc(C(F)(F)F)ccc34)n(-c3c(C(C)C)cccc3C(C)C)c2cn1.Cc1cccc(C)c1-c1cc(-c2[c-]cccc2)nc[c]1[Ge]([CH3])[CH3].[Ir]. The van der Waals surface area contributed by atoms with Crippen LogP contribution < -0.4 is 4.40 Å². The molecular weight excluding hydrogens is 1030 g/mol. The zero-order chi connectivity index (χ0) is 44.0. The van der Waals surface area contributed by atoms with E-state index in [4.69, 9.17) is 14.4 Å². The number of pyridine rings is 2. The molecule has 0 spiro atoms. The van der Waals surface area contributed by atoms with E-state index in [-0.39, 0.29) is 37.5 Å². The molecule has 0 saturated heterocycles. The van der Waals surface area contributed by atoms with E-state index in [1.807, 2.05) is 43.5 Å². The number of rotatable bonds is 7. The van der Waals surface area contributed by atoms with Gasteiger partial charge in [-0.3, -0.25) is 9.97 Å². The fourth-order valence-corrected chi connectivity index (χ4v) is 10.5. The van der Waals surface area contributed by atoms with Crippen LogP contribution in [0.25, 0.3) is 72.4 Å². The van der Waals surface area contributed by atoms with Crippen LogP contribution >= 0.6 is 0 Å². The van der Waals surface area contributed by atoms with Crippen molar-refractivity contribution in [2.45, 2.75) is 78.0 Å². The average Bonchev–Trinajstić information content (AvgIpc) is 3.81. The maximum atomic E-state index is 13.4. The third-order valence-electron chi connectivity index (χ3n) is 11.4. The minimum Gasteiger partial charge on any atom is 0 e. The number of hydrogen-bond donors (Lipinski definition) is 0. The molecule has 0 bridgehead atoms. The molecule has 0 unspecified atom stereocenters. The molecule has 5 aromatic carbocycles. The first-order valence-electron chi connectivity index (χ1n) is 20.9. The summed E-state index contributed by atoms with van der Waals surface area (Å²) in [6.45, 7) is 15.0. The van der Waals surface area contributed by atoms with Crippen molar-refractivity contribution in [3.05, 3.63) is 161 Å². The minimum absolute atomic E-state index is 0. The van der Waals surface area contributed by atoms with Crippen molar-refractivity contribution in [3.8, 4) is 39.5 Å². The number of alkyl halides is 3. The topological polar surface area (TPSA) is 56.7 Å². The molecule has 0 saturated carbocycles. The molecule has 322 valence electrons. The van der Waals surface area contributed by atoms with Gasteiger partial charge in [0, 0.05) is 36.9 Å². The van der Waals surface area contributed by atoms with Gasteiger partial charge >= 0.3 is 150 Å². The van der Waals surface area contributed by atoms with Crippen LogP contribution in [0.1, 0.15) is 73.0 Å². The molecular formula is C53H48F3GeIrN4O-2. The number of aromatic nitrogens is 4. The van der Waals surface area contributed by atoms with E-state index in [0.29, 0.717) is 27.7 Å². The van der Waals surface area contributed by atoms with Crippen LogP contribution in [0.2, 0.25) is 11.5 Å². The molecule has 4 heterocycles. The van der Waals surface area contributed by atoms with Gasteiger partial charge in [0.25, 0.3) is 0 Å². The first kappa shape index (κ1) is 45.7. The van der Waals surface area contributed by atoms with Crippen LogP contribution in [-0.2, 0) is 26.3 Å². The Hall–Kier alpha value is -5.35. The van der Waals surface area contributed by atoms with Crippen LogP contribution in [0.15, 0.2) is 120 Å². The van der Waals surface area contributed by atoms with Gasteiger partial charge in [0.2, 0.25) is 0 Å². The van der Waals surface area contributed by atoms with Crippen LogP contribution in [0.5, 0.6) is 0 Å². The normalized spacial score (nSPS) is 11.8. The minimum atomic E-state index is -4.46. The van der Waals surface area contributed by atoms with Crippen LogP contribution in [0.4, 0.5) is 13.2 Å². The molecule has 4 aromatic heterocycles. The van der Waals surface area contributed by atoms with E-state index in [1.54, 1.807) is 6.07 Å². The Morgan fingerprint density at radius 2 is 1.43 bits per heavy atom. The Kier molecular flexibility index (Phi) is 13.3. The zero-order valence-corrected chi connectivity index (χ0v) is 41.3. The van der Waals surface area contributed by atoms with Gasteiger partial charge in [-0.05, 0) is 48.1 Å². The van der Waals surface area contributed by atoms with E-state index in [9.17, 15) is 13.2 Å². The van der Waals surface area contributed by atoms with Crippen molar-refractivity contribution < 1.29 is 37.7 Å². The molecule has 0 amide bonds. The Morgan fingerprint density at radius 1 is 0.730 bits per heavy atom. The second-order valence-corrected chi connectivity index (χ2v) is 22.1. The number of nitrogens with zero attached hydrogens (tertiary/aromatic N) is 4. The molecule has 0 N–H and O–H groups in total. The second kappa shape index (κ2) is 18.4. The Labute approximate surface area is 385 Å². The number of halogens is 3. The van der Waals surface area contributed by atoms with E-state index in [1.165, 1.54) is 32.7 Å². The third kappa shape index (κ3) is 8.93.